The molecular weight excluding hydrogens is 604 g/mol. The number of nitrogen functional groups attached to an aromatic ring is 1. The van der Waals surface area contributed by atoms with Crippen LogP contribution >= 0.6 is 11.3 Å². The number of nitriles is 1. The molecule has 13 heteroatoms. The molecule has 1 aliphatic carbocycles. The predicted molar refractivity (Wildman–Crippen MR) is 175 cm³/mol. The minimum Gasteiger partial charge on any atom is -0.474 e. The Labute approximate surface area is 272 Å². The Morgan fingerprint density at radius 1 is 1.20 bits per heavy atom. The zero-order chi connectivity index (χ0) is 32.3. The van der Waals surface area contributed by atoms with Crippen LogP contribution in [0.1, 0.15) is 103 Å². The summed E-state index contributed by atoms with van der Waals surface area (Å²) in [7, 11) is 3.78. The number of likely N-dealkylation sites (tertiary alicyclic amines) is 1. The Bertz CT molecular complexity index is 1830. The number of nitrogens with zero attached hydrogens (tertiary/aromatic N) is 6. The van der Waals surface area contributed by atoms with Crippen molar-refractivity contribution in [2.75, 3.05) is 25.9 Å². The van der Waals surface area contributed by atoms with E-state index in [0.29, 0.717) is 52.4 Å². The molecule has 3 aromatic rings. The number of fused-ring (bicyclic) bond motifs is 4. The van der Waals surface area contributed by atoms with Crippen molar-refractivity contribution >= 4 is 33.3 Å². The molecule has 0 amide bonds. The van der Waals surface area contributed by atoms with Crippen LogP contribution in [0.2, 0.25) is 0 Å². The van der Waals surface area contributed by atoms with Crippen molar-refractivity contribution in [1.29, 1.82) is 5.26 Å². The van der Waals surface area contributed by atoms with E-state index in [1.54, 1.807) is 11.6 Å². The van der Waals surface area contributed by atoms with Crippen LogP contribution in [0.4, 0.5) is 5.00 Å². The molecule has 3 aromatic heterocycles. The van der Waals surface area contributed by atoms with E-state index in [9.17, 15) is 14.9 Å². The number of nitrogens with two attached hydrogens (primary N) is 2. The van der Waals surface area contributed by atoms with Gasteiger partial charge in [-0.15, -0.1) is 11.3 Å². The Balaban J connectivity index is 1.35. The quantitative estimate of drug-likeness (QED) is 0.257. The van der Waals surface area contributed by atoms with Gasteiger partial charge >= 0.3 is 5.69 Å². The van der Waals surface area contributed by atoms with Crippen molar-refractivity contribution < 1.29 is 14.3 Å². The van der Waals surface area contributed by atoms with Crippen molar-refractivity contribution in [1.82, 2.24) is 24.0 Å². The second-order valence-electron chi connectivity index (χ2n) is 13.2. The van der Waals surface area contributed by atoms with Crippen LogP contribution in [0, 0.1) is 11.3 Å². The molecular formula is C33H42N8O4S. The Kier molecular flexibility index (Phi) is 8.15. The average Bonchev–Trinajstić information content (AvgIpc) is 3.88. The minimum atomic E-state index is -0.384. The van der Waals surface area contributed by atoms with Gasteiger partial charge in [0.25, 0.3) is 0 Å². The third kappa shape index (κ3) is 5.02. The fraction of sp³-hybridized carbons (Fsp3) is 0.606. The first kappa shape index (κ1) is 30.9. The molecule has 244 valence electrons. The molecule has 3 fully saturated rings. The van der Waals surface area contributed by atoms with Crippen molar-refractivity contribution in [2.24, 2.45) is 12.8 Å². The lowest BCUT2D eigenvalue weighted by atomic mass is 9.80. The molecule has 2 bridgehead atoms. The average molecular weight is 647 g/mol. The lowest BCUT2D eigenvalue weighted by Crippen LogP contribution is -2.31. The molecule has 0 spiro atoms. The number of anilines is 1. The van der Waals surface area contributed by atoms with E-state index in [1.165, 1.54) is 15.9 Å². The highest BCUT2D eigenvalue weighted by molar-refractivity contribution is 7.16. The van der Waals surface area contributed by atoms with Gasteiger partial charge in [0.15, 0.2) is 11.2 Å². The first-order valence-corrected chi connectivity index (χ1v) is 17.3. The number of ketones is 1. The number of thiophene rings is 1. The number of hydrogen-bond acceptors (Lipinski definition) is 11. The summed E-state index contributed by atoms with van der Waals surface area (Å²) in [5.41, 5.74) is 16.0. The zero-order valence-corrected chi connectivity index (χ0v) is 27.6. The summed E-state index contributed by atoms with van der Waals surface area (Å²) < 4.78 is 15.8. The van der Waals surface area contributed by atoms with E-state index in [0.717, 1.165) is 68.4 Å². The predicted octanol–water partition coefficient (Wildman–Crippen LogP) is 3.93. The maximum atomic E-state index is 14.5. The number of carbonyl (C=O) groups excluding carboxylic acids is 1. The van der Waals surface area contributed by atoms with E-state index in [1.807, 2.05) is 6.92 Å². The molecule has 4 aliphatic rings. The number of hydrogen-bond donors (Lipinski definition) is 2. The summed E-state index contributed by atoms with van der Waals surface area (Å²) >= 11 is 1.44. The second kappa shape index (κ2) is 12.1. The third-order valence-corrected chi connectivity index (χ3v) is 11.6. The number of carbonyl (C=O) groups is 1. The maximum absolute atomic E-state index is 14.5. The lowest BCUT2D eigenvalue weighted by molar-refractivity contribution is 0.0938. The largest absolute Gasteiger partial charge is 0.474 e. The third-order valence-electron chi connectivity index (χ3n) is 10.5. The Morgan fingerprint density at radius 2 is 2.02 bits per heavy atom. The molecule has 12 nitrogen and oxygen atoms in total. The molecule has 46 heavy (non-hydrogen) atoms. The Morgan fingerprint density at radius 3 is 2.70 bits per heavy atom. The number of ether oxygens (including phenoxy) is 2. The van der Waals surface area contributed by atoms with E-state index >= 15 is 0 Å². The monoisotopic (exact) mass is 646 g/mol. The van der Waals surface area contributed by atoms with Crippen LogP contribution < -0.4 is 21.9 Å². The fourth-order valence-corrected chi connectivity index (χ4v) is 9.19. The minimum absolute atomic E-state index is 0.0431. The number of rotatable bonds is 9. The van der Waals surface area contributed by atoms with E-state index < -0.39 is 0 Å². The normalized spacial score (nSPS) is 26.3. The summed E-state index contributed by atoms with van der Waals surface area (Å²) in [6, 6.07) is 2.31. The SMILES string of the molecule is CCC/C(C(=O)c1nc(OC[C@@H]2CCCN2C)c2c(n1)n([C@H]1CC3CCC1O3)c(=O)n2C)=C(/N)[C@H]1CCCc2sc(N)c(C#N)c21. The molecule has 6 heterocycles. The van der Waals surface area contributed by atoms with Gasteiger partial charge in [0.05, 0.1) is 23.8 Å². The van der Waals surface area contributed by atoms with Crippen molar-refractivity contribution in [3.63, 3.8) is 0 Å². The topological polar surface area (TPSA) is 167 Å². The first-order valence-electron chi connectivity index (χ1n) is 16.5. The fourth-order valence-electron chi connectivity index (χ4n) is 8.07. The van der Waals surface area contributed by atoms with Gasteiger partial charge in [0.2, 0.25) is 17.5 Å². The van der Waals surface area contributed by atoms with Gasteiger partial charge in [-0.3, -0.25) is 13.9 Å². The van der Waals surface area contributed by atoms with Crippen LogP contribution in [-0.4, -0.2) is 68.2 Å². The van der Waals surface area contributed by atoms with Gasteiger partial charge in [-0.25, -0.2) is 9.78 Å². The summed E-state index contributed by atoms with van der Waals surface area (Å²) in [6.07, 6.45) is 8.27. The van der Waals surface area contributed by atoms with Crippen LogP contribution in [0.3, 0.4) is 0 Å². The van der Waals surface area contributed by atoms with Crippen LogP contribution in [0.25, 0.3) is 11.2 Å². The molecule has 3 saturated heterocycles. The standard InChI is InChI=1S/C33H42N8O4S/c1-4-7-20(26(35)19-9-5-10-24-25(19)21(15-34)29(36)46-24)28(42)30-37-31-27(32(38-30)44-16-17-8-6-13-39(17)2)40(3)33(43)41(31)22-14-18-11-12-23(22)45-18/h17-19,22-23H,4-14,16,35-36H2,1-3H3/b26-20-/t17-,18?,19-,22-,23?/m0/s1. The van der Waals surface area contributed by atoms with E-state index in [-0.39, 0.29) is 53.4 Å². The first-order chi connectivity index (χ1) is 22.2. The number of aromatic nitrogens is 4. The molecule has 5 atom stereocenters. The van der Waals surface area contributed by atoms with Crippen molar-refractivity contribution in [3.05, 3.63) is 43.6 Å². The van der Waals surface area contributed by atoms with Gasteiger partial charge in [0, 0.05) is 35.2 Å². The molecule has 2 unspecified atom stereocenters. The lowest BCUT2D eigenvalue weighted by Gasteiger charge is -2.25. The molecule has 0 aromatic carbocycles. The molecule has 0 saturated carbocycles. The van der Waals surface area contributed by atoms with Crippen LogP contribution in [0.5, 0.6) is 5.88 Å². The van der Waals surface area contributed by atoms with Crippen LogP contribution in [0.15, 0.2) is 16.1 Å². The van der Waals surface area contributed by atoms with Gasteiger partial charge in [0.1, 0.15) is 17.7 Å². The number of imidazole rings is 1. The van der Waals surface area contributed by atoms with Crippen molar-refractivity contribution in [3.8, 4) is 11.9 Å². The van der Waals surface area contributed by atoms with Gasteiger partial charge in [-0.2, -0.15) is 10.2 Å². The molecule has 7 rings (SSSR count). The number of allylic oxidation sites excluding steroid dienone is 2. The van der Waals surface area contributed by atoms with E-state index in [2.05, 4.69) is 18.0 Å². The highest BCUT2D eigenvalue weighted by atomic mass is 32.1. The highest BCUT2D eigenvalue weighted by Crippen LogP contribution is 2.45. The molecule has 3 aliphatic heterocycles. The second-order valence-corrected chi connectivity index (χ2v) is 14.4. The number of likely N-dealkylation sites (N-methyl/N-ethyl adjacent to an activating group) is 1. The molecule has 0 radical (unpaired) electrons. The van der Waals surface area contributed by atoms with Gasteiger partial charge in [-0.1, -0.05) is 13.3 Å². The summed E-state index contributed by atoms with van der Waals surface area (Å²) in [5, 5.41) is 10.4. The highest BCUT2D eigenvalue weighted by Gasteiger charge is 2.44. The Hall–Kier alpha value is -3.73. The van der Waals surface area contributed by atoms with Gasteiger partial charge in [-0.05, 0) is 76.9 Å². The number of aryl methyl sites for hydroxylation is 2. The zero-order valence-electron chi connectivity index (χ0n) is 26.8. The summed E-state index contributed by atoms with van der Waals surface area (Å²) in [4.78, 5) is 41.2. The number of Topliss-reactive ketones (excluding diaryl/α,β-unsaturated/α-hetero) is 1. The van der Waals surface area contributed by atoms with E-state index in [4.69, 9.17) is 30.9 Å². The smallest absolute Gasteiger partial charge is 0.330 e. The van der Waals surface area contributed by atoms with Crippen molar-refractivity contribution in [2.45, 2.75) is 101 Å². The maximum Gasteiger partial charge on any atom is 0.330 e. The summed E-state index contributed by atoms with van der Waals surface area (Å²) in [5.74, 6) is -0.498. The van der Waals surface area contributed by atoms with Gasteiger partial charge < -0.3 is 25.8 Å². The molecule has 4 N–H and O–H groups in total. The summed E-state index contributed by atoms with van der Waals surface area (Å²) in [6.45, 7) is 3.37. The van der Waals surface area contributed by atoms with Crippen LogP contribution in [-0.2, 0) is 18.2 Å².